The van der Waals surface area contributed by atoms with Gasteiger partial charge in [-0.2, -0.15) is 0 Å². The first-order chi connectivity index (χ1) is 9.61. The molecule has 0 spiro atoms. The Bertz CT molecular complexity index is 478. The first-order valence-electron chi connectivity index (χ1n) is 6.39. The van der Waals surface area contributed by atoms with Gasteiger partial charge in [-0.1, -0.05) is 11.6 Å². The van der Waals surface area contributed by atoms with Gasteiger partial charge < -0.3 is 14.7 Å². The molecule has 0 aromatic carbocycles. The van der Waals surface area contributed by atoms with Crippen molar-refractivity contribution in [1.29, 1.82) is 0 Å². The molecule has 2 rings (SSSR count). The fraction of sp³-hybridized carbons (Fsp3) is 0.583. The van der Waals surface area contributed by atoms with E-state index < -0.39 is 4.92 Å². The molecule has 7 nitrogen and oxygen atoms in total. The maximum Gasteiger partial charge on any atom is 0.313 e. The number of rotatable bonds is 5. The summed E-state index contributed by atoms with van der Waals surface area (Å²) >= 11 is 5.75. The highest BCUT2D eigenvalue weighted by Gasteiger charge is 2.26. The van der Waals surface area contributed by atoms with Crippen molar-refractivity contribution in [1.82, 2.24) is 4.98 Å². The van der Waals surface area contributed by atoms with Crippen LogP contribution in [0, 0.1) is 10.1 Å². The van der Waals surface area contributed by atoms with Gasteiger partial charge in [-0.15, -0.1) is 0 Å². The van der Waals surface area contributed by atoms with Crippen LogP contribution < -0.4 is 4.90 Å². The van der Waals surface area contributed by atoms with Crippen molar-refractivity contribution in [3.05, 3.63) is 27.4 Å². The van der Waals surface area contributed by atoms with Gasteiger partial charge in [0.25, 0.3) is 0 Å². The summed E-state index contributed by atoms with van der Waals surface area (Å²) in [6, 6.07) is 1.32. The number of aliphatic hydroxyl groups is 1. The van der Waals surface area contributed by atoms with Crippen molar-refractivity contribution in [2.24, 2.45) is 0 Å². The molecule has 2 heterocycles. The summed E-state index contributed by atoms with van der Waals surface area (Å²) in [7, 11) is 0. The molecule has 20 heavy (non-hydrogen) atoms. The van der Waals surface area contributed by atoms with Crippen molar-refractivity contribution < 1.29 is 14.8 Å². The summed E-state index contributed by atoms with van der Waals surface area (Å²) in [6.07, 6.45) is 3.01. The average molecular weight is 302 g/mol. The molecule has 1 aliphatic heterocycles. The molecular formula is C12H16ClN3O4. The van der Waals surface area contributed by atoms with Gasteiger partial charge in [0.1, 0.15) is 0 Å². The zero-order chi connectivity index (χ0) is 14.5. The summed E-state index contributed by atoms with van der Waals surface area (Å²) < 4.78 is 5.46. The molecule has 1 aliphatic rings. The van der Waals surface area contributed by atoms with Gasteiger partial charge in [0.15, 0.2) is 0 Å². The Labute approximate surface area is 121 Å². The predicted octanol–water partition coefficient (Wildman–Crippen LogP) is 1.62. The molecule has 1 fully saturated rings. The van der Waals surface area contributed by atoms with Gasteiger partial charge in [-0.05, 0) is 12.8 Å². The van der Waals surface area contributed by atoms with E-state index in [0.717, 1.165) is 12.8 Å². The topological polar surface area (TPSA) is 88.7 Å². The molecule has 110 valence electrons. The van der Waals surface area contributed by atoms with E-state index in [0.29, 0.717) is 25.5 Å². The third-order valence-corrected chi connectivity index (χ3v) is 3.40. The quantitative estimate of drug-likeness (QED) is 0.656. The number of aromatic nitrogens is 1. The molecule has 8 heteroatoms. The average Bonchev–Trinajstić information content (AvgIpc) is 2.45. The highest BCUT2D eigenvalue weighted by molar-refractivity contribution is 6.30. The summed E-state index contributed by atoms with van der Waals surface area (Å²) in [4.78, 5) is 16.5. The zero-order valence-electron chi connectivity index (χ0n) is 10.9. The summed E-state index contributed by atoms with van der Waals surface area (Å²) in [5.41, 5.74) is -0.0766. The van der Waals surface area contributed by atoms with Crippen LogP contribution in [0.5, 0.6) is 0 Å². The van der Waals surface area contributed by atoms with Crippen molar-refractivity contribution in [2.45, 2.75) is 18.9 Å². The maximum absolute atomic E-state index is 11.1. The van der Waals surface area contributed by atoms with Crippen LogP contribution in [0.3, 0.4) is 0 Å². The number of hydrogen-bond acceptors (Lipinski definition) is 6. The molecule has 1 N–H and O–H groups in total. The van der Waals surface area contributed by atoms with Crippen LogP contribution in [0.15, 0.2) is 12.3 Å². The highest BCUT2D eigenvalue weighted by Crippen LogP contribution is 2.30. The largest absolute Gasteiger partial charge is 0.394 e. The number of anilines is 1. The number of aliphatic hydroxyl groups excluding tert-OH is 1. The van der Waals surface area contributed by atoms with E-state index in [1.54, 1.807) is 0 Å². The molecule has 0 unspecified atom stereocenters. The van der Waals surface area contributed by atoms with Gasteiger partial charge >= 0.3 is 5.69 Å². The SMILES string of the molecule is O=[N+]([O-])c1cc(Cl)cnc1N1CCC(OCCO)CC1. The molecule has 1 saturated heterocycles. The Morgan fingerprint density at radius 1 is 1.55 bits per heavy atom. The van der Waals surface area contributed by atoms with Crippen LogP contribution in [-0.2, 0) is 4.74 Å². The number of piperidine rings is 1. The Balaban J connectivity index is 2.05. The Morgan fingerprint density at radius 2 is 2.25 bits per heavy atom. The van der Waals surface area contributed by atoms with Crippen LogP contribution in [-0.4, -0.2) is 47.4 Å². The number of nitro groups is 1. The van der Waals surface area contributed by atoms with Gasteiger partial charge in [-0.3, -0.25) is 10.1 Å². The van der Waals surface area contributed by atoms with E-state index in [9.17, 15) is 10.1 Å². The monoisotopic (exact) mass is 301 g/mol. The lowest BCUT2D eigenvalue weighted by Crippen LogP contribution is -2.38. The number of ether oxygens (including phenoxy) is 1. The van der Waals surface area contributed by atoms with Crippen LogP contribution in [0.1, 0.15) is 12.8 Å². The third-order valence-electron chi connectivity index (χ3n) is 3.20. The second-order valence-corrected chi connectivity index (χ2v) is 4.97. The molecule has 0 atom stereocenters. The summed E-state index contributed by atoms with van der Waals surface area (Å²) in [5.74, 6) is 0.347. The van der Waals surface area contributed by atoms with Crippen molar-refractivity contribution in [3.63, 3.8) is 0 Å². The minimum absolute atomic E-state index is 0.00439. The van der Waals surface area contributed by atoms with E-state index in [1.165, 1.54) is 12.3 Å². The number of hydrogen-bond donors (Lipinski definition) is 1. The van der Waals surface area contributed by atoms with E-state index in [-0.39, 0.29) is 23.4 Å². The van der Waals surface area contributed by atoms with Gasteiger partial charge in [0, 0.05) is 25.4 Å². The minimum Gasteiger partial charge on any atom is -0.394 e. The third kappa shape index (κ3) is 3.56. The molecule has 0 amide bonds. The van der Waals surface area contributed by atoms with Crippen LogP contribution in [0.25, 0.3) is 0 Å². The Kier molecular flexibility index (Phi) is 5.11. The zero-order valence-corrected chi connectivity index (χ0v) is 11.6. The Morgan fingerprint density at radius 3 is 2.85 bits per heavy atom. The van der Waals surface area contributed by atoms with Crippen molar-refractivity contribution in [3.8, 4) is 0 Å². The molecular weight excluding hydrogens is 286 g/mol. The van der Waals surface area contributed by atoms with Crippen molar-refractivity contribution in [2.75, 3.05) is 31.2 Å². The van der Waals surface area contributed by atoms with Crippen LogP contribution >= 0.6 is 11.6 Å². The van der Waals surface area contributed by atoms with Crippen LogP contribution in [0.2, 0.25) is 5.02 Å². The molecule has 0 radical (unpaired) electrons. The number of nitrogens with zero attached hydrogens (tertiary/aromatic N) is 3. The predicted molar refractivity (Wildman–Crippen MR) is 74.2 cm³/mol. The second-order valence-electron chi connectivity index (χ2n) is 4.53. The molecule has 0 saturated carbocycles. The lowest BCUT2D eigenvalue weighted by Gasteiger charge is -2.32. The van der Waals surface area contributed by atoms with Crippen LogP contribution in [0.4, 0.5) is 11.5 Å². The summed E-state index contributed by atoms with van der Waals surface area (Å²) in [5, 5.41) is 20.0. The fourth-order valence-electron chi connectivity index (χ4n) is 2.25. The van der Waals surface area contributed by atoms with Gasteiger partial charge in [-0.25, -0.2) is 4.98 Å². The molecule has 0 aliphatic carbocycles. The second kappa shape index (κ2) is 6.83. The first-order valence-corrected chi connectivity index (χ1v) is 6.77. The normalized spacial score (nSPS) is 16.4. The smallest absolute Gasteiger partial charge is 0.313 e. The van der Waals surface area contributed by atoms with E-state index >= 15 is 0 Å². The minimum atomic E-state index is -0.470. The lowest BCUT2D eigenvalue weighted by atomic mass is 10.1. The highest BCUT2D eigenvalue weighted by atomic mass is 35.5. The van der Waals surface area contributed by atoms with Gasteiger partial charge in [0.2, 0.25) is 5.82 Å². The molecule has 0 bridgehead atoms. The standard InChI is InChI=1S/C12H16ClN3O4/c13-9-7-11(16(18)19)12(14-8-9)15-3-1-10(2-4-15)20-6-5-17/h7-8,10,17H,1-6H2. The molecule has 1 aromatic heterocycles. The van der Waals surface area contributed by atoms with Gasteiger partial charge in [0.05, 0.1) is 29.3 Å². The molecule has 1 aromatic rings. The van der Waals surface area contributed by atoms with Crippen molar-refractivity contribution >= 4 is 23.1 Å². The van der Waals surface area contributed by atoms with E-state index in [4.69, 9.17) is 21.4 Å². The van der Waals surface area contributed by atoms with E-state index in [2.05, 4.69) is 4.98 Å². The Hall–Kier alpha value is -1.44. The number of pyridine rings is 1. The fourth-order valence-corrected chi connectivity index (χ4v) is 2.41. The van der Waals surface area contributed by atoms with E-state index in [1.807, 2.05) is 4.90 Å². The first kappa shape index (κ1) is 15.0. The number of halogens is 1. The lowest BCUT2D eigenvalue weighted by molar-refractivity contribution is -0.384. The maximum atomic E-state index is 11.1. The summed E-state index contributed by atoms with van der Waals surface area (Å²) in [6.45, 7) is 1.59.